The van der Waals surface area contributed by atoms with Crippen molar-refractivity contribution in [3.05, 3.63) is 34.9 Å². The van der Waals surface area contributed by atoms with Gasteiger partial charge in [-0.2, -0.15) is 0 Å². The summed E-state index contributed by atoms with van der Waals surface area (Å²) in [6, 6.07) is 5.61. The monoisotopic (exact) mass is 244 g/mol. The van der Waals surface area contributed by atoms with E-state index in [0.29, 0.717) is 5.56 Å². The topological polar surface area (TPSA) is 55.1 Å². The van der Waals surface area contributed by atoms with Crippen LogP contribution >= 0.6 is 0 Å². The minimum absolute atomic E-state index is 0.108. The van der Waals surface area contributed by atoms with Gasteiger partial charge < -0.3 is 11.1 Å². The molecule has 0 spiro atoms. The first-order valence-electron chi connectivity index (χ1n) is 5.95. The van der Waals surface area contributed by atoms with Crippen LogP contribution in [-0.4, -0.2) is 18.0 Å². The maximum Gasteiger partial charge on any atom is 0.252 e. The van der Waals surface area contributed by atoms with Crippen molar-refractivity contribution in [3.8, 4) is 11.8 Å². The fraction of sp³-hybridized carbons (Fsp3) is 0.400. The molecule has 0 aromatic heterocycles. The van der Waals surface area contributed by atoms with Crippen LogP contribution < -0.4 is 11.1 Å². The lowest BCUT2D eigenvalue weighted by atomic mass is 10.0. The summed E-state index contributed by atoms with van der Waals surface area (Å²) in [7, 11) is 0. The average molecular weight is 244 g/mol. The second-order valence-corrected chi connectivity index (χ2v) is 5.26. The first-order chi connectivity index (χ1) is 8.33. The minimum Gasteiger partial charge on any atom is -0.347 e. The predicted octanol–water partition coefficient (Wildman–Crippen LogP) is 1.83. The van der Waals surface area contributed by atoms with Crippen LogP contribution in [0, 0.1) is 18.8 Å². The molecule has 0 saturated carbocycles. The molecule has 0 fully saturated rings. The summed E-state index contributed by atoms with van der Waals surface area (Å²) in [5.74, 6) is 5.62. The third-order valence-corrected chi connectivity index (χ3v) is 2.23. The van der Waals surface area contributed by atoms with E-state index in [9.17, 15) is 4.79 Å². The lowest BCUT2D eigenvalue weighted by Crippen LogP contribution is -2.40. The van der Waals surface area contributed by atoms with E-state index in [1.165, 1.54) is 0 Å². The van der Waals surface area contributed by atoms with E-state index in [1.807, 2.05) is 39.8 Å². The van der Waals surface area contributed by atoms with Gasteiger partial charge in [0.2, 0.25) is 0 Å². The smallest absolute Gasteiger partial charge is 0.252 e. The second-order valence-electron chi connectivity index (χ2n) is 5.26. The number of carbonyl (C=O) groups excluding carboxylic acids is 1. The maximum absolute atomic E-state index is 12.1. The Morgan fingerprint density at radius 3 is 2.61 bits per heavy atom. The van der Waals surface area contributed by atoms with Gasteiger partial charge in [0.25, 0.3) is 5.91 Å². The van der Waals surface area contributed by atoms with Crippen LogP contribution in [0.2, 0.25) is 0 Å². The van der Waals surface area contributed by atoms with E-state index >= 15 is 0 Å². The van der Waals surface area contributed by atoms with E-state index in [0.717, 1.165) is 11.1 Å². The Kier molecular flexibility index (Phi) is 4.52. The van der Waals surface area contributed by atoms with Crippen molar-refractivity contribution >= 4 is 5.91 Å². The quantitative estimate of drug-likeness (QED) is 0.741. The fourth-order valence-electron chi connectivity index (χ4n) is 1.51. The zero-order chi connectivity index (χ0) is 13.8. The number of amides is 1. The van der Waals surface area contributed by atoms with Gasteiger partial charge in [0.05, 0.1) is 12.1 Å². The number of rotatable bonds is 1. The highest BCUT2D eigenvalue weighted by Crippen LogP contribution is 2.12. The molecule has 3 heteroatoms. The van der Waals surface area contributed by atoms with E-state index in [4.69, 9.17) is 5.73 Å². The first-order valence-corrected chi connectivity index (χ1v) is 5.95. The van der Waals surface area contributed by atoms with E-state index in [-0.39, 0.29) is 18.0 Å². The van der Waals surface area contributed by atoms with Gasteiger partial charge in [0.1, 0.15) is 0 Å². The predicted molar refractivity (Wildman–Crippen MR) is 74.3 cm³/mol. The van der Waals surface area contributed by atoms with Gasteiger partial charge in [0.15, 0.2) is 0 Å². The van der Waals surface area contributed by atoms with Crippen LogP contribution in [0.5, 0.6) is 0 Å². The standard InChI is InChI=1S/C15H20N2O/c1-11-7-8-13(12(10-11)6-5-9-16)14(18)17-15(2,3)4/h7-8,10H,9,16H2,1-4H3,(H,17,18). The number of nitrogens with two attached hydrogens (primary N) is 1. The van der Waals surface area contributed by atoms with Crippen molar-refractivity contribution in [2.24, 2.45) is 5.73 Å². The molecule has 0 aliphatic rings. The molecule has 18 heavy (non-hydrogen) atoms. The molecule has 1 amide bonds. The molecular formula is C15H20N2O. The highest BCUT2D eigenvalue weighted by atomic mass is 16.1. The summed E-state index contributed by atoms with van der Waals surface area (Å²) in [5.41, 5.74) is 7.50. The molecule has 0 atom stereocenters. The van der Waals surface area contributed by atoms with Crippen LogP contribution in [0.1, 0.15) is 42.3 Å². The summed E-state index contributed by atoms with van der Waals surface area (Å²) >= 11 is 0. The van der Waals surface area contributed by atoms with Gasteiger partial charge in [0, 0.05) is 11.1 Å². The van der Waals surface area contributed by atoms with Crippen LogP contribution in [0.3, 0.4) is 0 Å². The van der Waals surface area contributed by atoms with Crippen LogP contribution in [0.25, 0.3) is 0 Å². The Morgan fingerprint density at radius 1 is 1.39 bits per heavy atom. The van der Waals surface area contributed by atoms with Crippen molar-refractivity contribution in [1.29, 1.82) is 0 Å². The number of nitrogens with one attached hydrogen (secondary N) is 1. The SMILES string of the molecule is Cc1ccc(C(=O)NC(C)(C)C)c(C#CCN)c1. The number of aryl methyl sites for hydroxylation is 1. The summed E-state index contributed by atoms with van der Waals surface area (Å²) in [6.07, 6.45) is 0. The largest absolute Gasteiger partial charge is 0.347 e. The molecule has 3 nitrogen and oxygen atoms in total. The molecule has 0 bridgehead atoms. The highest BCUT2D eigenvalue weighted by Gasteiger charge is 2.17. The lowest BCUT2D eigenvalue weighted by Gasteiger charge is -2.21. The Balaban J connectivity index is 3.11. The van der Waals surface area contributed by atoms with Crippen molar-refractivity contribution in [3.63, 3.8) is 0 Å². The van der Waals surface area contributed by atoms with E-state index in [2.05, 4.69) is 17.2 Å². The van der Waals surface area contributed by atoms with Gasteiger partial charge in [-0.25, -0.2) is 0 Å². The van der Waals surface area contributed by atoms with Crippen LogP contribution in [-0.2, 0) is 0 Å². The van der Waals surface area contributed by atoms with Crippen LogP contribution in [0.4, 0.5) is 0 Å². The highest BCUT2D eigenvalue weighted by molar-refractivity contribution is 5.97. The van der Waals surface area contributed by atoms with Crippen molar-refractivity contribution in [2.75, 3.05) is 6.54 Å². The van der Waals surface area contributed by atoms with Gasteiger partial charge >= 0.3 is 0 Å². The summed E-state index contributed by atoms with van der Waals surface area (Å²) < 4.78 is 0. The third kappa shape index (κ3) is 4.23. The molecule has 1 aromatic carbocycles. The molecule has 0 heterocycles. The van der Waals surface area contributed by atoms with Gasteiger partial charge in [-0.1, -0.05) is 17.9 Å². The summed E-state index contributed by atoms with van der Waals surface area (Å²) in [5, 5.41) is 2.93. The zero-order valence-corrected chi connectivity index (χ0v) is 11.4. The first kappa shape index (κ1) is 14.3. The number of carbonyl (C=O) groups is 1. The molecule has 0 radical (unpaired) electrons. The molecule has 0 aliphatic carbocycles. The summed E-state index contributed by atoms with van der Waals surface area (Å²) in [4.78, 5) is 12.1. The van der Waals surface area contributed by atoms with Crippen molar-refractivity contribution in [2.45, 2.75) is 33.2 Å². The van der Waals surface area contributed by atoms with Crippen molar-refractivity contribution < 1.29 is 4.79 Å². The maximum atomic E-state index is 12.1. The molecule has 0 aliphatic heterocycles. The second kappa shape index (κ2) is 5.70. The average Bonchev–Trinajstić information content (AvgIpc) is 2.23. The Labute approximate surface area is 109 Å². The molecule has 96 valence electrons. The van der Waals surface area contributed by atoms with E-state index in [1.54, 1.807) is 6.07 Å². The molecule has 0 saturated heterocycles. The van der Waals surface area contributed by atoms with Crippen molar-refractivity contribution in [1.82, 2.24) is 5.32 Å². The molecular weight excluding hydrogens is 224 g/mol. The van der Waals surface area contributed by atoms with Gasteiger partial charge in [-0.05, 0) is 45.4 Å². The van der Waals surface area contributed by atoms with Crippen LogP contribution in [0.15, 0.2) is 18.2 Å². The zero-order valence-electron chi connectivity index (χ0n) is 11.4. The Bertz CT molecular complexity index is 501. The number of hydrogen-bond acceptors (Lipinski definition) is 2. The normalized spacial score (nSPS) is 10.5. The fourth-order valence-corrected chi connectivity index (χ4v) is 1.51. The third-order valence-electron chi connectivity index (χ3n) is 2.23. The Hall–Kier alpha value is -1.79. The molecule has 1 aromatic rings. The molecule has 0 unspecified atom stereocenters. The number of hydrogen-bond donors (Lipinski definition) is 2. The van der Waals surface area contributed by atoms with E-state index < -0.39 is 0 Å². The number of benzene rings is 1. The van der Waals surface area contributed by atoms with Gasteiger partial charge in [-0.15, -0.1) is 0 Å². The minimum atomic E-state index is -0.263. The molecule has 3 N–H and O–H groups in total. The Morgan fingerprint density at radius 2 is 2.06 bits per heavy atom. The molecule has 1 rings (SSSR count). The van der Waals surface area contributed by atoms with Gasteiger partial charge in [-0.3, -0.25) is 4.79 Å². The summed E-state index contributed by atoms with van der Waals surface area (Å²) in [6.45, 7) is 8.10. The lowest BCUT2D eigenvalue weighted by molar-refractivity contribution is 0.0919.